The van der Waals surface area contributed by atoms with Gasteiger partial charge in [-0.05, 0) is 0 Å². The Morgan fingerprint density at radius 2 is 1.40 bits per heavy atom. The maximum absolute atomic E-state index is 11.7. The molecule has 0 rings (SSSR count). The van der Waals surface area contributed by atoms with Gasteiger partial charge in [0.2, 0.25) is 0 Å². The molecule has 15 heavy (non-hydrogen) atoms. The second-order valence-electron chi connectivity index (χ2n) is 1.79. The molecular formula is C6H10Ge2O7. The molecule has 0 saturated carbocycles. The van der Waals surface area contributed by atoms with Crippen LogP contribution in [0.3, 0.4) is 0 Å². The molecule has 0 aliphatic carbocycles. The van der Waals surface area contributed by atoms with Gasteiger partial charge in [0.25, 0.3) is 0 Å². The van der Waals surface area contributed by atoms with Gasteiger partial charge < -0.3 is 0 Å². The molecule has 0 radical (unpaired) electrons. The summed E-state index contributed by atoms with van der Waals surface area (Å²) in [6.45, 7) is 0. The van der Waals surface area contributed by atoms with Gasteiger partial charge in [0.15, 0.2) is 0 Å². The normalized spacial score (nSPS) is 21.1. The summed E-state index contributed by atoms with van der Waals surface area (Å²) in [6.07, 6.45) is -7.41. The van der Waals surface area contributed by atoms with Crippen LogP contribution < -0.4 is 0 Å². The van der Waals surface area contributed by atoms with Crippen LogP contribution in [-0.2, 0) is 19.9 Å². The third kappa shape index (κ3) is 9.72. The number of aliphatic carboxylic acids is 2. The monoisotopic (exact) mass is 350 g/mol. The second-order valence-corrected chi connectivity index (χ2v) is 7.90. The molecule has 84 valence electrons. The Bertz CT molecular complexity index is 513. The van der Waals surface area contributed by atoms with Crippen molar-refractivity contribution < 1.29 is 41.1 Å². The third-order valence-corrected chi connectivity index (χ3v) is 6.93. The standard InChI is InChI=1S/C6H10Ge2O7/c9-5(10)1-3-7(13)15-8(14)4-2-6(11)12/h1-4H2,(H,9,10)(H,11,12)/i1D2,2D2,3D2,4D2. The first-order valence-electron chi connectivity index (χ1n) is 7.17. The second kappa shape index (κ2) is 7.68. The van der Waals surface area contributed by atoms with Gasteiger partial charge in [-0.1, -0.05) is 0 Å². The van der Waals surface area contributed by atoms with Gasteiger partial charge in [-0.2, -0.15) is 0 Å². The maximum atomic E-state index is 11.7. The van der Waals surface area contributed by atoms with Crippen molar-refractivity contribution in [1.82, 2.24) is 0 Å². The van der Waals surface area contributed by atoms with Gasteiger partial charge in [0.1, 0.15) is 0 Å². The van der Waals surface area contributed by atoms with Crippen molar-refractivity contribution in [1.29, 1.82) is 0 Å². The molecule has 2 N–H and O–H groups in total. The first kappa shape index (κ1) is 5.66. The fourth-order valence-corrected chi connectivity index (χ4v) is 4.74. The molecule has 0 amide bonds. The van der Waals surface area contributed by atoms with Crippen molar-refractivity contribution in [3.63, 3.8) is 0 Å². The molecule has 0 aliphatic rings. The van der Waals surface area contributed by atoms with Crippen LogP contribution >= 0.6 is 0 Å². The zero-order valence-corrected chi connectivity index (χ0v) is 11.1. The fourth-order valence-electron chi connectivity index (χ4n) is 0.344. The van der Waals surface area contributed by atoms with Crippen LogP contribution in [0.5, 0.6) is 0 Å². The number of rotatable bonds is 8. The average Bonchev–Trinajstić information content (AvgIpc) is 2.37. The van der Waals surface area contributed by atoms with E-state index in [1.807, 2.05) is 0 Å². The third-order valence-electron chi connectivity index (χ3n) is 0.728. The fraction of sp³-hybridized carbons (Fsp3) is 0.667. The molecule has 0 fully saturated rings. The van der Waals surface area contributed by atoms with E-state index in [-0.39, 0.29) is 0 Å². The van der Waals surface area contributed by atoms with E-state index < -0.39 is 64.3 Å². The van der Waals surface area contributed by atoms with Crippen LogP contribution in [0.25, 0.3) is 0 Å². The predicted molar refractivity (Wildman–Crippen MR) is 48.1 cm³/mol. The first-order chi connectivity index (χ1) is 9.94. The van der Waals surface area contributed by atoms with Gasteiger partial charge in [-0.3, -0.25) is 0 Å². The summed E-state index contributed by atoms with van der Waals surface area (Å²) in [5, 5.41) is 9.86. The Kier molecular flexibility index (Phi) is 2.90. The van der Waals surface area contributed by atoms with E-state index in [2.05, 4.69) is 2.79 Å². The van der Waals surface area contributed by atoms with E-state index in [1.165, 1.54) is 0 Å². The van der Waals surface area contributed by atoms with Crippen molar-refractivity contribution in [3.8, 4) is 0 Å². The van der Waals surface area contributed by atoms with Gasteiger partial charge in [0, 0.05) is 0 Å². The number of carbonyl (C=O) groups is 2. The summed E-state index contributed by atoms with van der Waals surface area (Å²) in [7, 11) is 0. The minimum atomic E-state index is -5.18. The molecule has 0 aromatic carbocycles. The molecule has 0 aromatic heterocycles. The zero-order valence-electron chi connectivity index (χ0n) is 14.9. The Morgan fingerprint density at radius 1 is 1.07 bits per heavy atom. The van der Waals surface area contributed by atoms with E-state index in [0.29, 0.717) is 0 Å². The van der Waals surface area contributed by atoms with E-state index in [1.54, 1.807) is 0 Å². The molecule has 0 unspecified atom stereocenters. The summed E-state index contributed by atoms with van der Waals surface area (Å²) >= 11 is -10.4. The van der Waals surface area contributed by atoms with Crippen LogP contribution in [-0.4, -0.2) is 51.4 Å². The van der Waals surface area contributed by atoms with Crippen LogP contribution in [0.15, 0.2) is 0 Å². The Hall–Kier alpha value is -0.574. The molecule has 0 aromatic rings. The topological polar surface area (TPSA) is 118 Å². The molecule has 0 saturated heterocycles. The Labute approximate surface area is 106 Å². The average molecular weight is 347 g/mol. The number of hydrogen-bond acceptors (Lipinski definition) is 5. The molecule has 9 heteroatoms. The molecular weight excluding hydrogens is 329 g/mol. The van der Waals surface area contributed by atoms with Gasteiger partial charge in [-0.15, -0.1) is 0 Å². The molecule has 0 bridgehead atoms. The quantitative estimate of drug-likeness (QED) is 0.583. The Morgan fingerprint density at radius 3 is 1.67 bits per heavy atom. The molecule has 0 heterocycles. The van der Waals surface area contributed by atoms with Crippen LogP contribution in [0, 0.1) is 0 Å². The summed E-state index contributed by atoms with van der Waals surface area (Å²) in [4.78, 5) is 21.3. The van der Waals surface area contributed by atoms with E-state index in [9.17, 15) is 17.1 Å². The Balaban J connectivity index is 5.53. The zero-order chi connectivity index (χ0) is 19.0. The van der Waals surface area contributed by atoms with Gasteiger partial charge in [0.05, 0.1) is 0 Å². The molecule has 7 nitrogen and oxygen atoms in total. The van der Waals surface area contributed by atoms with E-state index >= 15 is 0 Å². The van der Waals surface area contributed by atoms with Crippen LogP contribution in [0.2, 0.25) is 10.4 Å². The molecule has 0 atom stereocenters. The minimum absolute atomic E-state index is 2.33. The van der Waals surface area contributed by atoms with Crippen LogP contribution in [0.4, 0.5) is 0 Å². The summed E-state index contributed by atoms with van der Waals surface area (Å²) in [6, 6.07) is 0. The number of hydrogen-bond donors (Lipinski definition) is 2. The summed E-state index contributed by atoms with van der Waals surface area (Å²) in [5.74, 6) is -4.66. The first-order valence-corrected chi connectivity index (χ1v) is 8.70. The summed E-state index contributed by atoms with van der Waals surface area (Å²) in [5.41, 5.74) is 0. The van der Waals surface area contributed by atoms with Crippen molar-refractivity contribution >= 4 is 41.2 Å². The van der Waals surface area contributed by atoms with Crippen molar-refractivity contribution in [2.45, 2.75) is 23.2 Å². The summed E-state index contributed by atoms with van der Waals surface area (Å²) < 4.78 is 84.4. The van der Waals surface area contributed by atoms with Gasteiger partial charge in [-0.25, -0.2) is 0 Å². The van der Waals surface area contributed by atoms with E-state index in [4.69, 9.17) is 21.2 Å². The van der Waals surface area contributed by atoms with Gasteiger partial charge >= 0.3 is 105 Å². The van der Waals surface area contributed by atoms with Crippen molar-refractivity contribution in [2.75, 3.05) is 0 Å². The number of carboxylic acid groups (broad SMARTS) is 2. The SMILES string of the molecule is [2H]C([2H])(C(=O)O)[C]([2H])([2H])[Ge](=[O])[O][Ge](=[O])[C]([2H])([2H])C([2H])([2H])C(=O)O. The number of carboxylic acids is 2. The molecule has 0 spiro atoms. The van der Waals surface area contributed by atoms with Crippen molar-refractivity contribution in [2.24, 2.45) is 0 Å². The van der Waals surface area contributed by atoms with Crippen LogP contribution in [0.1, 0.15) is 23.7 Å². The predicted octanol–water partition coefficient (Wildman–Crippen LogP) is -0.210. The van der Waals surface area contributed by atoms with E-state index in [0.717, 1.165) is 0 Å². The molecule has 0 aliphatic heterocycles. The van der Waals surface area contributed by atoms with Crippen molar-refractivity contribution in [3.05, 3.63) is 0 Å².